The fourth-order valence-corrected chi connectivity index (χ4v) is 5.30. The van der Waals surface area contributed by atoms with E-state index in [0.717, 1.165) is 52.7 Å². The highest BCUT2D eigenvalue weighted by Gasteiger charge is 2.32. The average molecular weight is 437 g/mol. The lowest BCUT2D eigenvalue weighted by Crippen LogP contribution is -2.26. The molecule has 2 atom stereocenters. The molecule has 0 bridgehead atoms. The first kappa shape index (κ1) is 22.3. The van der Waals surface area contributed by atoms with Gasteiger partial charge in [0, 0.05) is 48.9 Å². The number of aldehydes is 1. The van der Waals surface area contributed by atoms with E-state index < -0.39 is 0 Å². The third-order valence-electron chi connectivity index (χ3n) is 7.02. The number of pyridine rings is 1. The molecule has 0 N–H and O–H groups in total. The number of aromatic nitrogens is 1. The highest BCUT2D eigenvalue weighted by Crippen LogP contribution is 2.46. The van der Waals surface area contributed by atoms with Crippen molar-refractivity contribution in [3.8, 4) is 0 Å². The van der Waals surface area contributed by atoms with Gasteiger partial charge in [0.05, 0.1) is 12.3 Å². The van der Waals surface area contributed by atoms with Crippen LogP contribution >= 0.6 is 0 Å². The van der Waals surface area contributed by atoms with Gasteiger partial charge in [0.1, 0.15) is 12.1 Å². The number of hydrogen-bond acceptors (Lipinski definition) is 4. The Morgan fingerprint density at radius 1 is 1.41 bits per heavy atom. The summed E-state index contributed by atoms with van der Waals surface area (Å²) in [5.74, 6) is -0.376. The molecule has 1 aromatic carbocycles. The molecule has 168 valence electrons. The minimum Gasteiger partial charge on any atom is -0.380 e. The van der Waals surface area contributed by atoms with E-state index >= 15 is 0 Å². The van der Waals surface area contributed by atoms with Gasteiger partial charge in [-0.25, -0.2) is 4.39 Å². The van der Waals surface area contributed by atoms with Gasteiger partial charge in [-0.3, -0.25) is 9.79 Å². The molecule has 1 aliphatic heterocycles. The number of carbonyl (C=O) groups excluding carboxylic acids is 1. The van der Waals surface area contributed by atoms with Gasteiger partial charge in [-0.15, -0.1) is 0 Å². The van der Waals surface area contributed by atoms with Gasteiger partial charge in [0.2, 0.25) is 0 Å². The molecule has 1 aromatic heterocycles. The number of allylic oxidation sites excluding steroid dienone is 2. The first-order chi connectivity index (χ1) is 15.3. The summed E-state index contributed by atoms with van der Waals surface area (Å²) in [5.41, 5.74) is 7.54. The smallest absolute Gasteiger partial charge is 0.256 e. The number of ether oxygens (including phenoxy) is 1. The molecule has 2 aromatic rings. The third-order valence-corrected chi connectivity index (χ3v) is 7.02. The summed E-state index contributed by atoms with van der Waals surface area (Å²) in [5, 5.41) is 0. The van der Waals surface area contributed by atoms with Gasteiger partial charge >= 0.3 is 0 Å². The van der Waals surface area contributed by atoms with Crippen LogP contribution in [-0.4, -0.2) is 24.7 Å². The summed E-state index contributed by atoms with van der Waals surface area (Å²) < 4.78 is 21.6. The molecule has 0 saturated heterocycles. The van der Waals surface area contributed by atoms with Crippen molar-refractivity contribution in [1.29, 1.82) is 0 Å². The maximum atomic E-state index is 14.5. The summed E-state index contributed by atoms with van der Waals surface area (Å²) >= 11 is 0. The molecular formula is C26H29FN2O3. The molecule has 0 amide bonds. The van der Waals surface area contributed by atoms with E-state index in [1.165, 1.54) is 6.07 Å². The number of hydrogen-bond donors (Lipinski definition) is 0. The molecule has 0 radical (unpaired) electrons. The van der Waals surface area contributed by atoms with Crippen LogP contribution in [0, 0.1) is 18.7 Å². The molecule has 5 nitrogen and oxygen atoms in total. The third kappa shape index (κ3) is 3.47. The molecule has 2 heterocycles. The fraction of sp³-hybridized carbons (Fsp3) is 0.423. The molecular weight excluding hydrogens is 407 g/mol. The number of nitrogens with zero attached hydrogens (tertiary/aromatic N) is 2. The molecule has 0 spiro atoms. The lowest BCUT2D eigenvalue weighted by molar-refractivity contribution is -0.108. The Bertz CT molecular complexity index is 1210. The molecule has 6 heteroatoms. The van der Waals surface area contributed by atoms with E-state index in [1.807, 2.05) is 13.0 Å². The maximum absolute atomic E-state index is 14.5. The summed E-state index contributed by atoms with van der Waals surface area (Å²) in [7, 11) is 1.55. The van der Waals surface area contributed by atoms with Crippen LogP contribution < -0.4 is 5.56 Å². The van der Waals surface area contributed by atoms with Crippen LogP contribution in [0.1, 0.15) is 59.7 Å². The number of benzene rings is 1. The van der Waals surface area contributed by atoms with Crippen molar-refractivity contribution in [2.24, 2.45) is 10.9 Å². The van der Waals surface area contributed by atoms with Crippen molar-refractivity contribution in [3.63, 3.8) is 0 Å². The van der Waals surface area contributed by atoms with Gasteiger partial charge in [-0.1, -0.05) is 13.8 Å². The number of fused-ring (bicyclic) bond motifs is 2. The molecule has 0 fully saturated rings. The van der Waals surface area contributed by atoms with Crippen LogP contribution in [0.5, 0.6) is 0 Å². The van der Waals surface area contributed by atoms with Crippen LogP contribution in [0.4, 0.5) is 10.1 Å². The lowest BCUT2D eigenvalue weighted by atomic mass is 9.75. The predicted octanol–water partition coefficient (Wildman–Crippen LogP) is 4.67. The van der Waals surface area contributed by atoms with Gasteiger partial charge in [-0.2, -0.15) is 0 Å². The van der Waals surface area contributed by atoms with Crippen molar-refractivity contribution in [2.75, 3.05) is 7.11 Å². The maximum Gasteiger partial charge on any atom is 0.256 e. The van der Waals surface area contributed by atoms with Gasteiger partial charge in [0.25, 0.3) is 5.56 Å². The standard InChI is InChI=1S/C26H29FN2O3/c1-14-6-7-19-16(3)22(27)10-23(28-4)25(19)24(14)17-8-18-9-20(15(2)12-30)21(13-32-5)26(31)29(18)11-17/h9-10,12,14-15H,4,6-8,11,13H2,1-3,5H3/b24-17+/t14-,15-/m0/s1. The highest BCUT2D eigenvalue weighted by atomic mass is 19.1. The van der Waals surface area contributed by atoms with E-state index in [-0.39, 0.29) is 29.8 Å². The number of carbonyl (C=O) groups is 1. The Kier molecular flexibility index (Phi) is 5.99. The van der Waals surface area contributed by atoms with E-state index in [0.29, 0.717) is 29.8 Å². The minimum absolute atomic E-state index is 0.107. The number of rotatable bonds is 5. The second kappa shape index (κ2) is 8.58. The summed E-state index contributed by atoms with van der Waals surface area (Å²) in [6, 6.07) is 3.44. The normalized spacial score (nSPS) is 20.6. The molecule has 0 unspecified atom stereocenters. The molecule has 32 heavy (non-hydrogen) atoms. The molecule has 2 aliphatic rings. The van der Waals surface area contributed by atoms with E-state index in [1.54, 1.807) is 18.6 Å². The quantitative estimate of drug-likeness (QED) is 0.506. The summed E-state index contributed by atoms with van der Waals surface area (Å²) in [6.45, 7) is 10.1. The monoisotopic (exact) mass is 436 g/mol. The summed E-state index contributed by atoms with van der Waals surface area (Å²) in [6.07, 6.45) is 3.19. The van der Waals surface area contributed by atoms with Gasteiger partial charge in [0.15, 0.2) is 0 Å². The molecule has 1 aliphatic carbocycles. The van der Waals surface area contributed by atoms with Crippen molar-refractivity contribution in [3.05, 3.63) is 67.4 Å². The summed E-state index contributed by atoms with van der Waals surface area (Å²) in [4.78, 5) is 29.0. The van der Waals surface area contributed by atoms with E-state index in [9.17, 15) is 14.0 Å². The Labute approximate surface area is 187 Å². The van der Waals surface area contributed by atoms with Crippen LogP contribution in [0.3, 0.4) is 0 Å². The largest absolute Gasteiger partial charge is 0.380 e. The highest BCUT2D eigenvalue weighted by molar-refractivity contribution is 5.83. The zero-order chi connectivity index (χ0) is 23.2. The van der Waals surface area contributed by atoms with E-state index in [4.69, 9.17) is 4.74 Å². The predicted molar refractivity (Wildman–Crippen MR) is 124 cm³/mol. The van der Waals surface area contributed by atoms with Gasteiger partial charge < -0.3 is 14.1 Å². The topological polar surface area (TPSA) is 60.7 Å². The van der Waals surface area contributed by atoms with Crippen molar-refractivity contribution in [2.45, 2.75) is 59.1 Å². The number of aliphatic imine (C=N–C) groups is 1. The number of methoxy groups -OCH3 is 1. The van der Waals surface area contributed by atoms with Crippen LogP contribution in [-0.2, 0) is 35.5 Å². The Hall–Kier alpha value is -2.86. The van der Waals surface area contributed by atoms with Crippen LogP contribution in [0.2, 0.25) is 0 Å². The Morgan fingerprint density at radius 2 is 2.16 bits per heavy atom. The minimum atomic E-state index is -0.382. The fourth-order valence-electron chi connectivity index (χ4n) is 5.30. The molecule has 4 rings (SSSR count). The second-order valence-electron chi connectivity index (χ2n) is 8.97. The van der Waals surface area contributed by atoms with E-state index in [2.05, 4.69) is 18.6 Å². The van der Waals surface area contributed by atoms with Gasteiger partial charge in [-0.05, 0) is 66.3 Å². The number of halogens is 1. The van der Waals surface area contributed by atoms with Crippen LogP contribution in [0.15, 0.2) is 27.5 Å². The SMILES string of the molecule is C=Nc1cc(F)c(C)c2c1/C(=C1\Cc3cc([C@@H](C)C=O)c(COC)c(=O)n3C1)[C@@H](C)CC2. The van der Waals surface area contributed by atoms with Crippen LogP contribution in [0.25, 0.3) is 5.57 Å². The van der Waals surface area contributed by atoms with Crippen molar-refractivity contribution >= 4 is 24.3 Å². The molecule has 0 saturated carbocycles. The lowest BCUT2D eigenvalue weighted by Gasteiger charge is -2.30. The zero-order valence-electron chi connectivity index (χ0n) is 19.1. The first-order valence-electron chi connectivity index (χ1n) is 11.0. The van der Waals surface area contributed by atoms with Crippen molar-refractivity contribution < 1.29 is 13.9 Å². The average Bonchev–Trinajstić information content (AvgIpc) is 3.21. The first-order valence-corrected chi connectivity index (χ1v) is 11.0. The Balaban J connectivity index is 1.92. The zero-order valence-corrected chi connectivity index (χ0v) is 19.1. The van der Waals surface area contributed by atoms with Crippen molar-refractivity contribution in [1.82, 2.24) is 4.57 Å². The second-order valence-corrected chi connectivity index (χ2v) is 8.97. The Morgan fingerprint density at radius 3 is 2.81 bits per heavy atom.